The summed E-state index contributed by atoms with van der Waals surface area (Å²) in [5.74, 6) is 0.524. The molecule has 2 aliphatic rings. The number of anilines is 1. The van der Waals surface area contributed by atoms with Gasteiger partial charge >= 0.3 is 0 Å². The lowest BCUT2D eigenvalue weighted by Crippen LogP contribution is -2.43. The van der Waals surface area contributed by atoms with Gasteiger partial charge in [0.15, 0.2) is 0 Å². The quantitative estimate of drug-likeness (QED) is 0.823. The van der Waals surface area contributed by atoms with Gasteiger partial charge in [-0.15, -0.1) is 0 Å². The Kier molecular flexibility index (Phi) is 4.22. The number of carbonyl (C=O) groups excluding carboxylic acids is 1. The molecule has 1 aromatic rings. The Hall–Kier alpha value is -1.07. The molecule has 3 N–H and O–H groups in total. The fourth-order valence-electron chi connectivity index (χ4n) is 3.75. The highest BCUT2D eigenvalue weighted by molar-refractivity contribution is 9.10. The van der Waals surface area contributed by atoms with Crippen molar-refractivity contribution in [2.45, 2.75) is 37.8 Å². The topological polar surface area (TPSA) is 58.4 Å². The first-order valence-electron chi connectivity index (χ1n) is 7.59. The van der Waals surface area contributed by atoms with Gasteiger partial charge in [0, 0.05) is 28.8 Å². The van der Waals surface area contributed by atoms with E-state index < -0.39 is 0 Å². The van der Waals surface area contributed by atoms with Crippen LogP contribution in [0.5, 0.6) is 0 Å². The van der Waals surface area contributed by atoms with Gasteiger partial charge < -0.3 is 16.0 Å². The summed E-state index contributed by atoms with van der Waals surface area (Å²) in [6, 6.07) is 6.81. The van der Waals surface area contributed by atoms with Gasteiger partial charge in [0.05, 0.1) is 5.56 Å². The molecule has 0 radical (unpaired) electrons. The van der Waals surface area contributed by atoms with Crippen molar-refractivity contribution in [1.82, 2.24) is 10.2 Å². The lowest BCUT2D eigenvalue weighted by Gasteiger charge is -2.36. The van der Waals surface area contributed by atoms with Gasteiger partial charge in [0.2, 0.25) is 0 Å². The Morgan fingerprint density at radius 2 is 2.05 bits per heavy atom. The monoisotopic (exact) mass is 351 g/mol. The number of halogens is 1. The highest BCUT2D eigenvalue weighted by atomic mass is 79.9. The van der Waals surface area contributed by atoms with E-state index in [-0.39, 0.29) is 5.91 Å². The van der Waals surface area contributed by atoms with Crippen LogP contribution in [0.1, 0.15) is 36.0 Å². The van der Waals surface area contributed by atoms with Crippen molar-refractivity contribution >= 4 is 27.5 Å². The van der Waals surface area contributed by atoms with Crippen LogP contribution in [0.15, 0.2) is 22.7 Å². The number of nitrogens with zero attached hydrogens (tertiary/aromatic N) is 1. The number of amides is 1. The number of piperidine rings is 1. The van der Waals surface area contributed by atoms with Crippen LogP contribution in [0.4, 0.5) is 5.69 Å². The number of nitrogen functional groups attached to an aromatic ring is 1. The molecule has 2 saturated heterocycles. The van der Waals surface area contributed by atoms with E-state index in [1.165, 1.54) is 25.7 Å². The SMILES string of the molecule is CN1C2CCC1CC(CNC(=O)c1cc(Br)ccc1N)C2. The van der Waals surface area contributed by atoms with Gasteiger partial charge in [-0.1, -0.05) is 15.9 Å². The van der Waals surface area contributed by atoms with Crippen molar-refractivity contribution in [2.75, 3.05) is 19.3 Å². The molecule has 3 rings (SSSR count). The summed E-state index contributed by atoms with van der Waals surface area (Å²) in [4.78, 5) is 14.8. The van der Waals surface area contributed by atoms with Crippen molar-refractivity contribution < 1.29 is 4.79 Å². The van der Waals surface area contributed by atoms with Gasteiger partial charge in [0.25, 0.3) is 5.91 Å². The second-order valence-corrected chi connectivity index (χ2v) is 7.25. The molecular formula is C16H22BrN3O. The van der Waals surface area contributed by atoms with E-state index in [0.717, 1.165) is 11.0 Å². The molecule has 4 nitrogen and oxygen atoms in total. The Bertz CT molecular complexity index is 534. The first kappa shape index (κ1) is 14.9. The molecule has 1 amide bonds. The number of rotatable bonds is 3. The third kappa shape index (κ3) is 3.09. The average Bonchev–Trinajstić information content (AvgIpc) is 2.69. The lowest BCUT2D eigenvalue weighted by molar-refractivity contribution is 0.0918. The molecule has 2 bridgehead atoms. The molecule has 0 aromatic heterocycles. The van der Waals surface area contributed by atoms with Crippen LogP contribution in [-0.4, -0.2) is 36.5 Å². The molecule has 0 spiro atoms. The largest absolute Gasteiger partial charge is 0.398 e. The van der Waals surface area contributed by atoms with E-state index in [0.29, 0.717) is 29.3 Å². The van der Waals surface area contributed by atoms with E-state index in [2.05, 4.69) is 33.2 Å². The van der Waals surface area contributed by atoms with Crippen LogP contribution in [0, 0.1) is 5.92 Å². The number of hydrogen-bond acceptors (Lipinski definition) is 3. The van der Waals surface area contributed by atoms with Crippen molar-refractivity contribution in [1.29, 1.82) is 0 Å². The molecule has 2 atom stereocenters. The zero-order chi connectivity index (χ0) is 15.0. The molecule has 5 heteroatoms. The van der Waals surface area contributed by atoms with E-state index in [4.69, 9.17) is 5.73 Å². The summed E-state index contributed by atoms with van der Waals surface area (Å²) in [6.07, 6.45) is 5.01. The summed E-state index contributed by atoms with van der Waals surface area (Å²) in [5.41, 5.74) is 6.97. The molecule has 21 heavy (non-hydrogen) atoms. The molecule has 1 aromatic carbocycles. The zero-order valence-corrected chi connectivity index (χ0v) is 13.9. The molecule has 114 valence electrons. The second kappa shape index (κ2) is 5.97. The predicted molar refractivity (Wildman–Crippen MR) is 88.2 cm³/mol. The number of nitrogens with one attached hydrogen (secondary N) is 1. The zero-order valence-electron chi connectivity index (χ0n) is 12.3. The van der Waals surface area contributed by atoms with Crippen LogP contribution in [0.3, 0.4) is 0 Å². The predicted octanol–water partition coefficient (Wildman–Crippen LogP) is 2.63. The number of carbonyl (C=O) groups is 1. The molecule has 0 saturated carbocycles. The van der Waals surface area contributed by atoms with E-state index in [1.807, 2.05) is 6.07 Å². The highest BCUT2D eigenvalue weighted by Crippen LogP contribution is 2.37. The Balaban J connectivity index is 1.58. The molecular weight excluding hydrogens is 330 g/mol. The number of hydrogen-bond donors (Lipinski definition) is 2. The van der Waals surface area contributed by atoms with Crippen LogP contribution in [0.2, 0.25) is 0 Å². The molecule has 2 fully saturated rings. The third-order valence-corrected chi connectivity index (χ3v) is 5.50. The summed E-state index contributed by atoms with van der Waals surface area (Å²) < 4.78 is 0.874. The molecule has 2 heterocycles. The summed E-state index contributed by atoms with van der Waals surface area (Å²) in [7, 11) is 2.24. The van der Waals surface area contributed by atoms with Gasteiger partial charge in [-0.05, 0) is 56.8 Å². The normalized spacial score (nSPS) is 28.6. The number of fused-ring (bicyclic) bond motifs is 2. The van der Waals surface area contributed by atoms with Crippen LogP contribution in [0.25, 0.3) is 0 Å². The van der Waals surface area contributed by atoms with E-state index in [1.54, 1.807) is 12.1 Å². The smallest absolute Gasteiger partial charge is 0.253 e. The van der Waals surface area contributed by atoms with Gasteiger partial charge in [-0.3, -0.25) is 4.79 Å². The standard InChI is InChI=1S/C16H22BrN3O/c1-20-12-3-4-13(20)7-10(6-12)9-19-16(21)14-8-11(17)2-5-15(14)18/h2,5,8,10,12-13H,3-4,6-7,9,18H2,1H3,(H,19,21). The van der Waals surface area contributed by atoms with Gasteiger partial charge in [0.1, 0.15) is 0 Å². The van der Waals surface area contributed by atoms with Crippen LogP contribution in [-0.2, 0) is 0 Å². The maximum Gasteiger partial charge on any atom is 0.253 e. The van der Waals surface area contributed by atoms with Crippen molar-refractivity contribution in [2.24, 2.45) is 5.92 Å². The highest BCUT2D eigenvalue weighted by Gasteiger charge is 2.38. The Morgan fingerprint density at radius 1 is 1.38 bits per heavy atom. The minimum absolute atomic E-state index is 0.0694. The first-order valence-corrected chi connectivity index (χ1v) is 8.39. The fraction of sp³-hybridized carbons (Fsp3) is 0.562. The summed E-state index contributed by atoms with van der Waals surface area (Å²) >= 11 is 3.38. The maximum absolute atomic E-state index is 12.3. The van der Waals surface area contributed by atoms with E-state index in [9.17, 15) is 4.79 Å². The number of nitrogens with two attached hydrogens (primary N) is 1. The first-order chi connectivity index (χ1) is 10.0. The molecule has 2 aliphatic heterocycles. The number of benzene rings is 1. The second-order valence-electron chi connectivity index (χ2n) is 6.33. The van der Waals surface area contributed by atoms with Crippen LogP contribution < -0.4 is 11.1 Å². The summed E-state index contributed by atoms with van der Waals surface area (Å²) in [6.45, 7) is 0.756. The minimum Gasteiger partial charge on any atom is -0.398 e. The van der Waals surface area contributed by atoms with E-state index >= 15 is 0 Å². The van der Waals surface area contributed by atoms with Crippen molar-refractivity contribution in [3.63, 3.8) is 0 Å². The van der Waals surface area contributed by atoms with Crippen LogP contribution >= 0.6 is 15.9 Å². The Morgan fingerprint density at radius 3 is 2.71 bits per heavy atom. The summed E-state index contributed by atoms with van der Waals surface area (Å²) in [5, 5.41) is 3.06. The molecule has 0 aliphatic carbocycles. The maximum atomic E-state index is 12.3. The van der Waals surface area contributed by atoms with Crippen molar-refractivity contribution in [3.05, 3.63) is 28.2 Å². The lowest BCUT2D eigenvalue weighted by atomic mass is 9.91. The average molecular weight is 352 g/mol. The van der Waals surface area contributed by atoms with Gasteiger partial charge in [-0.2, -0.15) is 0 Å². The minimum atomic E-state index is -0.0694. The van der Waals surface area contributed by atoms with Crippen molar-refractivity contribution in [3.8, 4) is 0 Å². The Labute approximate surface area is 134 Å². The fourth-order valence-corrected chi connectivity index (χ4v) is 4.11. The molecule has 2 unspecified atom stereocenters. The van der Waals surface area contributed by atoms with Gasteiger partial charge in [-0.25, -0.2) is 0 Å². The third-order valence-electron chi connectivity index (χ3n) is 5.01.